The van der Waals surface area contributed by atoms with E-state index in [9.17, 15) is 4.79 Å². The Bertz CT molecular complexity index is 203. The number of nitrogens with zero attached hydrogens (tertiary/aromatic N) is 1. The van der Waals surface area contributed by atoms with Gasteiger partial charge in [-0.25, -0.2) is 0 Å². The first-order valence-corrected chi connectivity index (χ1v) is 6.74. The Kier molecular flexibility index (Phi) is 5.61. The van der Waals surface area contributed by atoms with Gasteiger partial charge in [-0.2, -0.15) is 0 Å². The first kappa shape index (κ1) is 13.0. The van der Waals surface area contributed by atoms with Gasteiger partial charge in [0.05, 0.1) is 12.5 Å². The van der Waals surface area contributed by atoms with Crippen molar-refractivity contribution in [2.24, 2.45) is 0 Å². The Morgan fingerprint density at radius 3 is 2.80 bits per heavy atom. The van der Waals surface area contributed by atoms with Crippen LogP contribution in [0.4, 0.5) is 0 Å². The molecule has 4 heteroatoms. The lowest BCUT2D eigenvalue weighted by Gasteiger charge is -2.27. The number of halogens is 1. The molecular weight excluding hydrogens is 258 g/mol. The van der Waals surface area contributed by atoms with E-state index in [4.69, 9.17) is 4.74 Å². The summed E-state index contributed by atoms with van der Waals surface area (Å²) in [5, 5.41) is 0.836. The van der Waals surface area contributed by atoms with E-state index < -0.39 is 0 Å². The number of ether oxygens (including phenoxy) is 1. The van der Waals surface area contributed by atoms with Crippen molar-refractivity contribution in [2.45, 2.75) is 45.3 Å². The molecule has 88 valence electrons. The van der Waals surface area contributed by atoms with Crippen molar-refractivity contribution in [1.29, 1.82) is 0 Å². The second-order valence-electron chi connectivity index (χ2n) is 4.21. The van der Waals surface area contributed by atoms with Gasteiger partial charge in [-0.3, -0.25) is 4.79 Å². The molecule has 0 aromatic carbocycles. The van der Waals surface area contributed by atoms with Crippen LogP contribution in [0.3, 0.4) is 0 Å². The molecule has 0 aromatic heterocycles. The Morgan fingerprint density at radius 2 is 2.33 bits per heavy atom. The summed E-state index contributed by atoms with van der Waals surface area (Å²) in [4.78, 5) is 13.9. The lowest BCUT2D eigenvalue weighted by Crippen LogP contribution is -2.39. The molecule has 0 aromatic rings. The zero-order valence-electron chi connectivity index (χ0n) is 9.54. The molecular formula is C11H20BrNO2. The van der Waals surface area contributed by atoms with Crippen LogP contribution in [-0.4, -0.2) is 41.4 Å². The van der Waals surface area contributed by atoms with Crippen LogP contribution < -0.4 is 0 Å². The maximum atomic E-state index is 12.0. The van der Waals surface area contributed by atoms with Crippen molar-refractivity contribution in [3.8, 4) is 0 Å². The molecule has 15 heavy (non-hydrogen) atoms. The fourth-order valence-electron chi connectivity index (χ4n) is 1.88. The van der Waals surface area contributed by atoms with E-state index in [-0.39, 0.29) is 18.1 Å². The smallest absolute Gasteiger partial charge is 0.225 e. The number of rotatable bonds is 5. The van der Waals surface area contributed by atoms with Crippen molar-refractivity contribution in [3.63, 3.8) is 0 Å². The first-order chi connectivity index (χ1) is 7.15. The van der Waals surface area contributed by atoms with Gasteiger partial charge >= 0.3 is 0 Å². The minimum absolute atomic E-state index is 0.161. The van der Waals surface area contributed by atoms with Gasteiger partial charge in [0.15, 0.2) is 0 Å². The molecule has 0 N–H and O–H groups in total. The molecule has 1 rings (SSSR count). The minimum atomic E-state index is 0.161. The van der Waals surface area contributed by atoms with Crippen LogP contribution in [0.25, 0.3) is 0 Å². The lowest BCUT2D eigenvalue weighted by atomic mass is 10.1. The van der Waals surface area contributed by atoms with Gasteiger partial charge in [-0.15, -0.1) is 0 Å². The van der Waals surface area contributed by atoms with Crippen LogP contribution in [0.2, 0.25) is 0 Å². The topological polar surface area (TPSA) is 29.5 Å². The summed E-state index contributed by atoms with van der Waals surface area (Å²) in [7, 11) is 0. The Morgan fingerprint density at radius 1 is 1.60 bits per heavy atom. The van der Waals surface area contributed by atoms with Gasteiger partial charge in [-0.1, -0.05) is 15.9 Å². The van der Waals surface area contributed by atoms with Gasteiger partial charge in [-0.05, 0) is 26.7 Å². The van der Waals surface area contributed by atoms with Crippen molar-refractivity contribution in [1.82, 2.24) is 4.90 Å². The predicted octanol–water partition coefficient (Wildman–Crippen LogP) is 2.19. The fourth-order valence-corrected chi connectivity index (χ4v) is 2.26. The van der Waals surface area contributed by atoms with Crippen LogP contribution in [0, 0.1) is 0 Å². The van der Waals surface area contributed by atoms with Crippen molar-refractivity contribution < 1.29 is 9.53 Å². The maximum absolute atomic E-state index is 12.0. The number of hydrogen-bond donors (Lipinski definition) is 0. The summed E-state index contributed by atoms with van der Waals surface area (Å²) in [5.41, 5.74) is 0. The van der Waals surface area contributed by atoms with Gasteiger partial charge in [0.25, 0.3) is 0 Å². The number of alkyl halides is 1. The molecule has 0 spiro atoms. The average molecular weight is 278 g/mol. The van der Waals surface area contributed by atoms with Crippen LogP contribution in [0.15, 0.2) is 0 Å². The zero-order chi connectivity index (χ0) is 11.3. The van der Waals surface area contributed by atoms with E-state index in [1.807, 2.05) is 4.90 Å². The summed E-state index contributed by atoms with van der Waals surface area (Å²) >= 11 is 3.37. The van der Waals surface area contributed by atoms with E-state index in [0.717, 1.165) is 31.3 Å². The lowest BCUT2D eigenvalue weighted by molar-refractivity contribution is -0.134. The molecule has 0 bridgehead atoms. The molecule has 1 heterocycles. The zero-order valence-corrected chi connectivity index (χ0v) is 11.1. The van der Waals surface area contributed by atoms with Gasteiger partial charge < -0.3 is 9.64 Å². The summed E-state index contributed by atoms with van der Waals surface area (Å²) in [5.74, 6) is 0.219. The van der Waals surface area contributed by atoms with Gasteiger partial charge in [0, 0.05) is 24.5 Å². The van der Waals surface area contributed by atoms with Crippen molar-refractivity contribution >= 4 is 21.8 Å². The quantitative estimate of drug-likeness (QED) is 0.721. The predicted molar refractivity (Wildman–Crippen MR) is 64.2 cm³/mol. The van der Waals surface area contributed by atoms with Crippen LogP contribution >= 0.6 is 15.9 Å². The Balaban J connectivity index is 2.40. The second-order valence-corrected chi connectivity index (χ2v) is 5.00. The fraction of sp³-hybridized carbons (Fsp3) is 0.909. The molecule has 1 aliphatic heterocycles. The Hall–Kier alpha value is -0.0900. The number of carbonyl (C=O) groups excluding carboxylic acids is 1. The minimum Gasteiger partial charge on any atom is -0.378 e. The summed E-state index contributed by atoms with van der Waals surface area (Å²) in [6, 6.07) is 0.274. The highest BCUT2D eigenvalue weighted by Crippen LogP contribution is 2.17. The molecule has 1 atom stereocenters. The highest BCUT2D eigenvalue weighted by molar-refractivity contribution is 9.09. The average Bonchev–Trinajstić information content (AvgIpc) is 2.65. The number of carbonyl (C=O) groups is 1. The molecule has 1 aliphatic rings. The Labute approximate surface area is 100 Å². The van der Waals surface area contributed by atoms with Crippen LogP contribution in [0.5, 0.6) is 0 Å². The van der Waals surface area contributed by atoms with Crippen LogP contribution in [0.1, 0.15) is 33.1 Å². The van der Waals surface area contributed by atoms with Crippen LogP contribution in [-0.2, 0) is 9.53 Å². The molecule has 0 saturated carbocycles. The SMILES string of the molecule is CC(C)N(CCBr)C(=O)CC1CCCO1. The highest BCUT2D eigenvalue weighted by Gasteiger charge is 2.23. The highest BCUT2D eigenvalue weighted by atomic mass is 79.9. The number of amides is 1. The molecule has 1 unspecified atom stereocenters. The standard InChI is InChI=1S/C11H20BrNO2/c1-9(2)13(6-5-12)11(14)8-10-4-3-7-15-10/h9-10H,3-8H2,1-2H3. The second kappa shape index (κ2) is 6.48. The van der Waals surface area contributed by atoms with Gasteiger partial charge in [0.2, 0.25) is 5.91 Å². The largest absolute Gasteiger partial charge is 0.378 e. The maximum Gasteiger partial charge on any atom is 0.225 e. The van der Waals surface area contributed by atoms with Gasteiger partial charge in [0.1, 0.15) is 0 Å². The third kappa shape index (κ3) is 4.11. The first-order valence-electron chi connectivity index (χ1n) is 5.62. The normalized spacial score (nSPS) is 20.9. The van der Waals surface area contributed by atoms with E-state index in [0.29, 0.717) is 6.42 Å². The molecule has 1 saturated heterocycles. The summed E-state index contributed by atoms with van der Waals surface area (Å²) in [6.45, 7) is 5.70. The molecule has 1 amide bonds. The molecule has 1 fully saturated rings. The molecule has 3 nitrogen and oxygen atoms in total. The van der Waals surface area contributed by atoms with E-state index >= 15 is 0 Å². The monoisotopic (exact) mass is 277 g/mol. The van der Waals surface area contributed by atoms with Crippen molar-refractivity contribution in [3.05, 3.63) is 0 Å². The molecule has 0 aliphatic carbocycles. The summed E-state index contributed by atoms with van der Waals surface area (Å²) < 4.78 is 5.47. The third-order valence-corrected chi connectivity index (χ3v) is 3.05. The van der Waals surface area contributed by atoms with E-state index in [1.165, 1.54) is 0 Å². The number of hydrogen-bond acceptors (Lipinski definition) is 2. The summed E-state index contributed by atoms with van der Waals surface area (Å²) in [6.07, 6.45) is 2.84. The van der Waals surface area contributed by atoms with E-state index in [1.54, 1.807) is 0 Å². The van der Waals surface area contributed by atoms with E-state index in [2.05, 4.69) is 29.8 Å². The third-order valence-electron chi connectivity index (χ3n) is 2.70. The van der Waals surface area contributed by atoms with Crippen molar-refractivity contribution in [2.75, 3.05) is 18.5 Å². The molecule has 0 radical (unpaired) electrons.